The Morgan fingerprint density at radius 1 is 1.11 bits per heavy atom. The molecule has 1 amide bonds. The topological polar surface area (TPSA) is 20.3 Å². The maximum Gasteiger partial charge on any atom is 0.227 e. The predicted octanol–water partition coefficient (Wildman–Crippen LogP) is 3.32. The largest absolute Gasteiger partial charge is 0.315 e. The second-order valence-corrected chi connectivity index (χ2v) is 4.82. The van der Waals surface area contributed by atoms with Gasteiger partial charge in [0.15, 0.2) is 0 Å². The summed E-state index contributed by atoms with van der Waals surface area (Å²) in [5, 5.41) is 0. The van der Waals surface area contributed by atoms with Crippen LogP contribution < -0.4 is 4.90 Å². The van der Waals surface area contributed by atoms with Crippen LogP contribution in [0.5, 0.6) is 0 Å². The summed E-state index contributed by atoms with van der Waals surface area (Å²) >= 11 is 0. The molecular weight excluding hydrogens is 241 g/mol. The van der Waals surface area contributed by atoms with Crippen LogP contribution >= 0.6 is 0 Å². The van der Waals surface area contributed by atoms with E-state index in [2.05, 4.69) is 0 Å². The van der Waals surface area contributed by atoms with E-state index in [-0.39, 0.29) is 17.6 Å². The predicted molar refractivity (Wildman–Crippen MR) is 72.7 cm³/mol. The van der Waals surface area contributed by atoms with E-state index in [1.807, 2.05) is 24.3 Å². The number of fused-ring (bicyclic) bond motifs is 1. The van der Waals surface area contributed by atoms with Gasteiger partial charge < -0.3 is 4.90 Å². The van der Waals surface area contributed by atoms with Crippen LogP contribution in [0.25, 0.3) is 0 Å². The van der Waals surface area contributed by atoms with Gasteiger partial charge in [0.1, 0.15) is 5.82 Å². The SMILES string of the molecule is CN1C(=O)CC(c2ccc(F)cc2)c2ccccc21. The third-order valence-electron chi connectivity index (χ3n) is 3.70. The zero-order chi connectivity index (χ0) is 13.4. The number of carbonyl (C=O) groups is 1. The van der Waals surface area contributed by atoms with Crippen molar-refractivity contribution < 1.29 is 9.18 Å². The van der Waals surface area contributed by atoms with Crippen molar-refractivity contribution >= 4 is 11.6 Å². The first kappa shape index (κ1) is 11.9. The number of carbonyl (C=O) groups excluding carboxylic acids is 1. The summed E-state index contributed by atoms with van der Waals surface area (Å²) in [5.74, 6) is -0.148. The molecule has 1 aliphatic rings. The number of amides is 1. The van der Waals surface area contributed by atoms with Crippen molar-refractivity contribution in [3.05, 3.63) is 65.5 Å². The third kappa shape index (κ3) is 2.01. The van der Waals surface area contributed by atoms with E-state index < -0.39 is 0 Å². The fraction of sp³-hybridized carbons (Fsp3) is 0.188. The van der Waals surface area contributed by atoms with Gasteiger partial charge >= 0.3 is 0 Å². The van der Waals surface area contributed by atoms with Gasteiger partial charge in [-0.25, -0.2) is 4.39 Å². The molecule has 1 unspecified atom stereocenters. The van der Waals surface area contributed by atoms with Crippen LogP contribution in [0, 0.1) is 5.82 Å². The maximum absolute atomic E-state index is 13.0. The van der Waals surface area contributed by atoms with E-state index in [1.54, 1.807) is 24.1 Å². The lowest BCUT2D eigenvalue weighted by Crippen LogP contribution is -2.33. The molecular formula is C16H14FNO. The lowest BCUT2D eigenvalue weighted by Gasteiger charge is -2.31. The highest BCUT2D eigenvalue weighted by Gasteiger charge is 2.29. The summed E-state index contributed by atoms with van der Waals surface area (Å²) in [7, 11) is 1.79. The summed E-state index contributed by atoms with van der Waals surface area (Å²) in [5.41, 5.74) is 3.04. The standard InChI is InChI=1S/C16H14FNO/c1-18-15-5-3-2-4-13(15)14(10-16(18)19)11-6-8-12(17)9-7-11/h2-9,14H,10H2,1H3. The molecule has 0 aliphatic carbocycles. The molecule has 0 saturated heterocycles. The summed E-state index contributed by atoms with van der Waals surface area (Å²) in [4.78, 5) is 13.7. The Balaban J connectivity index is 2.10. The van der Waals surface area contributed by atoms with Gasteiger partial charge in [0.05, 0.1) is 0 Å². The minimum absolute atomic E-state index is 0.0144. The summed E-state index contributed by atoms with van der Waals surface area (Å²) in [6.07, 6.45) is 0.430. The van der Waals surface area contributed by atoms with E-state index in [1.165, 1.54) is 12.1 Å². The second kappa shape index (κ2) is 4.50. The first-order valence-electron chi connectivity index (χ1n) is 6.28. The fourth-order valence-corrected chi connectivity index (χ4v) is 2.64. The van der Waals surface area contributed by atoms with E-state index in [0.29, 0.717) is 6.42 Å². The zero-order valence-corrected chi connectivity index (χ0v) is 10.6. The molecule has 96 valence electrons. The molecule has 3 rings (SSSR count). The molecule has 0 bridgehead atoms. The van der Waals surface area contributed by atoms with Crippen LogP contribution in [0.4, 0.5) is 10.1 Å². The maximum atomic E-state index is 13.0. The molecule has 0 saturated carbocycles. The minimum Gasteiger partial charge on any atom is -0.315 e. The number of halogens is 1. The molecule has 0 fully saturated rings. The van der Waals surface area contributed by atoms with Crippen molar-refractivity contribution in [3.8, 4) is 0 Å². The number of hydrogen-bond acceptors (Lipinski definition) is 1. The van der Waals surface area contributed by atoms with Gasteiger partial charge in [0.2, 0.25) is 5.91 Å². The van der Waals surface area contributed by atoms with Gasteiger partial charge in [0.25, 0.3) is 0 Å². The lowest BCUT2D eigenvalue weighted by molar-refractivity contribution is -0.118. The Morgan fingerprint density at radius 2 is 1.79 bits per heavy atom. The lowest BCUT2D eigenvalue weighted by atomic mass is 9.84. The summed E-state index contributed by atoms with van der Waals surface area (Å²) in [6.45, 7) is 0. The van der Waals surface area contributed by atoms with Gasteiger partial charge in [-0.1, -0.05) is 30.3 Å². The smallest absolute Gasteiger partial charge is 0.227 e. The van der Waals surface area contributed by atoms with Crippen molar-refractivity contribution in [2.45, 2.75) is 12.3 Å². The quantitative estimate of drug-likeness (QED) is 0.765. The van der Waals surface area contributed by atoms with Gasteiger partial charge in [0, 0.05) is 25.1 Å². The number of anilines is 1. The van der Waals surface area contributed by atoms with E-state index in [0.717, 1.165) is 16.8 Å². The van der Waals surface area contributed by atoms with Crippen LogP contribution in [-0.2, 0) is 4.79 Å². The Hall–Kier alpha value is -2.16. The molecule has 1 atom stereocenters. The molecule has 1 aliphatic heterocycles. The Labute approximate surface area is 111 Å². The molecule has 2 aromatic rings. The number of para-hydroxylation sites is 1. The number of rotatable bonds is 1. The Morgan fingerprint density at radius 3 is 2.53 bits per heavy atom. The number of nitrogens with zero attached hydrogens (tertiary/aromatic N) is 1. The van der Waals surface area contributed by atoms with Gasteiger partial charge in [-0.15, -0.1) is 0 Å². The average molecular weight is 255 g/mol. The summed E-state index contributed by atoms with van der Waals surface area (Å²) in [6, 6.07) is 14.3. The van der Waals surface area contributed by atoms with Crippen molar-refractivity contribution in [1.82, 2.24) is 0 Å². The second-order valence-electron chi connectivity index (χ2n) is 4.82. The van der Waals surface area contributed by atoms with E-state index in [4.69, 9.17) is 0 Å². The normalized spacial score (nSPS) is 18.3. The monoisotopic (exact) mass is 255 g/mol. The van der Waals surface area contributed by atoms with Gasteiger partial charge in [-0.2, -0.15) is 0 Å². The fourth-order valence-electron chi connectivity index (χ4n) is 2.64. The number of hydrogen-bond donors (Lipinski definition) is 0. The molecule has 3 heteroatoms. The first-order valence-corrected chi connectivity index (χ1v) is 6.28. The third-order valence-corrected chi connectivity index (χ3v) is 3.70. The highest BCUT2D eigenvalue weighted by atomic mass is 19.1. The van der Waals surface area contributed by atoms with Crippen molar-refractivity contribution in [1.29, 1.82) is 0 Å². The van der Waals surface area contributed by atoms with E-state index >= 15 is 0 Å². The molecule has 2 aromatic carbocycles. The van der Waals surface area contributed by atoms with Crippen molar-refractivity contribution in [2.75, 3.05) is 11.9 Å². The summed E-state index contributed by atoms with van der Waals surface area (Å²) < 4.78 is 13.0. The highest BCUT2D eigenvalue weighted by molar-refractivity contribution is 5.97. The molecule has 19 heavy (non-hydrogen) atoms. The number of benzene rings is 2. The Bertz CT molecular complexity index is 621. The van der Waals surface area contributed by atoms with Crippen LogP contribution in [0.15, 0.2) is 48.5 Å². The molecule has 0 N–H and O–H groups in total. The van der Waals surface area contributed by atoms with E-state index in [9.17, 15) is 9.18 Å². The average Bonchev–Trinajstić information content (AvgIpc) is 2.44. The molecule has 0 aromatic heterocycles. The highest BCUT2D eigenvalue weighted by Crippen LogP contribution is 2.39. The van der Waals surface area contributed by atoms with Crippen LogP contribution in [0.1, 0.15) is 23.5 Å². The molecule has 1 heterocycles. The Kier molecular flexibility index (Phi) is 2.82. The molecule has 2 nitrogen and oxygen atoms in total. The van der Waals surface area contributed by atoms with Crippen LogP contribution in [0.2, 0.25) is 0 Å². The van der Waals surface area contributed by atoms with Crippen LogP contribution in [0.3, 0.4) is 0 Å². The molecule has 0 spiro atoms. The van der Waals surface area contributed by atoms with Crippen molar-refractivity contribution in [3.63, 3.8) is 0 Å². The molecule has 0 radical (unpaired) electrons. The van der Waals surface area contributed by atoms with Crippen molar-refractivity contribution in [2.24, 2.45) is 0 Å². The zero-order valence-electron chi connectivity index (χ0n) is 10.6. The van der Waals surface area contributed by atoms with Gasteiger partial charge in [-0.05, 0) is 29.3 Å². The first-order chi connectivity index (χ1) is 9.16. The van der Waals surface area contributed by atoms with Gasteiger partial charge in [-0.3, -0.25) is 4.79 Å². The van der Waals surface area contributed by atoms with Crippen LogP contribution in [-0.4, -0.2) is 13.0 Å². The minimum atomic E-state index is -0.253.